The lowest BCUT2D eigenvalue weighted by atomic mass is 10.0. The summed E-state index contributed by atoms with van der Waals surface area (Å²) in [6.07, 6.45) is 0. The van der Waals surface area contributed by atoms with Gasteiger partial charge >= 0.3 is 0 Å². The largest absolute Gasteiger partial charge is 0.493 e. The van der Waals surface area contributed by atoms with Crippen molar-refractivity contribution in [3.8, 4) is 5.75 Å². The van der Waals surface area contributed by atoms with Crippen molar-refractivity contribution in [2.75, 3.05) is 34.0 Å². The third-order valence-electron chi connectivity index (χ3n) is 2.46. The van der Waals surface area contributed by atoms with Crippen molar-refractivity contribution in [2.24, 2.45) is 0 Å². The Balaban J connectivity index is 0.000000280. The molecular formula is C13H20O3. The van der Waals surface area contributed by atoms with E-state index in [9.17, 15) is 0 Å². The number of rotatable bonds is 3. The van der Waals surface area contributed by atoms with Crippen LogP contribution in [0.5, 0.6) is 5.75 Å². The average molecular weight is 224 g/mol. The maximum absolute atomic E-state index is 5.48. The second kappa shape index (κ2) is 7.25. The molecule has 16 heavy (non-hydrogen) atoms. The van der Waals surface area contributed by atoms with Crippen LogP contribution in [0, 0.1) is 0 Å². The van der Waals surface area contributed by atoms with Crippen LogP contribution >= 0.6 is 0 Å². The highest BCUT2D eigenvalue weighted by Crippen LogP contribution is 2.33. The molecule has 0 spiro atoms. The molecule has 1 aliphatic heterocycles. The first-order valence-corrected chi connectivity index (χ1v) is 5.53. The van der Waals surface area contributed by atoms with Gasteiger partial charge in [-0.2, -0.15) is 0 Å². The summed E-state index contributed by atoms with van der Waals surface area (Å²) in [6, 6.07) is 8.14. The van der Waals surface area contributed by atoms with Gasteiger partial charge in [0.1, 0.15) is 5.75 Å². The van der Waals surface area contributed by atoms with Gasteiger partial charge in [0, 0.05) is 32.3 Å². The fraction of sp³-hybridized carbons (Fsp3) is 0.538. The number of hydrogen-bond acceptors (Lipinski definition) is 3. The van der Waals surface area contributed by atoms with E-state index in [0.717, 1.165) is 25.6 Å². The number of para-hydroxylation sites is 1. The molecule has 1 atom stereocenters. The van der Waals surface area contributed by atoms with Crippen LogP contribution in [0.2, 0.25) is 0 Å². The maximum Gasteiger partial charge on any atom is 0.123 e. The van der Waals surface area contributed by atoms with Gasteiger partial charge in [-0.3, -0.25) is 0 Å². The van der Waals surface area contributed by atoms with E-state index in [4.69, 9.17) is 9.47 Å². The summed E-state index contributed by atoms with van der Waals surface area (Å²) < 4.78 is 15.1. The molecule has 0 amide bonds. The monoisotopic (exact) mass is 224 g/mol. The Labute approximate surface area is 97.3 Å². The van der Waals surface area contributed by atoms with E-state index in [0.29, 0.717) is 5.92 Å². The van der Waals surface area contributed by atoms with E-state index in [1.54, 1.807) is 14.2 Å². The Morgan fingerprint density at radius 3 is 2.56 bits per heavy atom. The third kappa shape index (κ3) is 3.51. The van der Waals surface area contributed by atoms with E-state index in [2.05, 4.69) is 10.8 Å². The number of hydrogen-bond donors (Lipinski definition) is 0. The summed E-state index contributed by atoms with van der Waals surface area (Å²) in [5.41, 5.74) is 1.28. The van der Waals surface area contributed by atoms with Gasteiger partial charge in [-0.15, -0.1) is 0 Å². The summed E-state index contributed by atoms with van der Waals surface area (Å²) >= 11 is 0. The molecule has 0 saturated carbocycles. The van der Waals surface area contributed by atoms with Gasteiger partial charge in [-0.05, 0) is 13.0 Å². The molecular weight excluding hydrogens is 204 g/mol. The van der Waals surface area contributed by atoms with Crippen LogP contribution < -0.4 is 4.74 Å². The Morgan fingerprint density at radius 1 is 1.25 bits per heavy atom. The lowest BCUT2D eigenvalue weighted by Gasteiger charge is -2.05. The van der Waals surface area contributed by atoms with Crippen molar-refractivity contribution < 1.29 is 14.2 Å². The molecule has 1 aromatic rings. The van der Waals surface area contributed by atoms with Gasteiger partial charge in [0.25, 0.3) is 0 Å². The van der Waals surface area contributed by atoms with Crippen molar-refractivity contribution in [3.05, 3.63) is 29.8 Å². The first-order chi connectivity index (χ1) is 7.83. The third-order valence-corrected chi connectivity index (χ3v) is 2.46. The number of benzene rings is 1. The zero-order valence-corrected chi connectivity index (χ0v) is 10.2. The molecule has 3 heteroatoms. The van der Waals surface area contributed by atoms with Gasteiger partial charge in [-0.25, -0.2) is 0 Å². The Morgan fingerprint density at radius 2 is 1.94 bits per heavy atom. The van der Waals surface area contributed by atoms with Gasteiger partial charge in [0.2, 0.25) is 0 Å². The Bertz CT molecular complexity index is 295. The van der Waals surface area contributed by atoms with Crippen molar-refractivity contribution in [3.63, 3.8) is 0 Å². The highest BCUT2D eigenvalue weighted by Gasteiger charge is 2.22. The molecule has 0 N–H and O–H groups in total. The number of fused-ring (bicyclic) bond motifs is 1. The first-order valence-electron chi connectivity index (χ1n) is 5.53. The van der Waals surface area contributed by atoms with E-state index in [1.165, 1.54) is 5.56 Å². The lowest BCUT2D eigenvalue weighted by Crippen LogP contribution is -2.07. The minimum absolute atomic E-state index is 0.422. The molecule has 0 bridgehead atoms. The first kappa shape index (κ1) is 13.0. The molecule has 2 rings (SSSR count). The average Bonchev–Trinajstić information content (AvgIpc) is 2.74. The van der Waals surface area contributed by atoms with Crippen molar-refractivity contribution in [1.82, 2.24) is 0 Å². The zero-order chi connectivity index (χ0) is 11.8. The van der Waals surface area contributed by atoms with E-state index in [-0.39, 0.29) is 0 Å². The summed E-state index contributed by atoms with van der Waals surface area (Å²) in [7, 11) is 3.40. The molecule has 0 unspecified atom stereocenters. The highest BCUT2D eigenvalue weighted by atomic mass is 16.5. The minimum atomic E-state index is 0.422. The van der Waals surface area contributed by atoms with Crippen LogP contribution in [-0.2, 0) is 9.47 Å². The fourth-order valence-electron chi connectivity index (χ4n) is 1.57. The normalized spacial score (nSPS) is 17.1. The fourth-order valence-corrected chi connectivity index (χ4v) is 1.57. The Hall–Kier alpha value is -1.06. The predicted molar refractivity (Wildman–Crippen MR) is 64.1 cm³/mol. The molecule has 0 aromatic heterocycles. The van der Waals surface area contributed by atoms with Crippen molar-refractivity contribution >= 4 is 0 Å². The molecule has 0 fully saturated rings. The topological polar surface area (TPSA) is 27.7 Å². The molecule has 90 valence electrons. The van der Waals surface area contributed by atoms with Crippen LogP contribution in [0.15, 0.2) is 24.3 Å². The number of methoxy groups -OCH3 is 2. The summed E-state index contributed by atoms with van der Waals surface area (Å²) in [6.45, 7) is 4.28. The quantitative estimate of drug-likeness (QED) is 0.789. The van der Waals surface area contributed by atoms with Crippen LogP contribution in [0.1, 0.15) is 18.4 Å². The summed E-state index contributed by atoms with van der Waals surface area (Å²) in [4.78, 5) is 0. The van der Waals surface area contributed by atoms with Gasteiger partial charge in [-0.1, -0.05) is 18.2 Å². The van der Waals surface area contributed by atoms with Gasteiger partial charge in [0.15, 0.2) is 0 Å². The van der Waals surface area contributed by atoms with Gasteiger partial charge in [0.05, 0.1) is 13.2 Å². The minimum Gasteiger partial charge on any atom is -0.493 e. The van der Waals surface area contributed by atoms with E-state index in [1.807, 2.05) is 25.1 Å². The van der Waals surface area contributed by atoms with E-state index >= 15 is 0 Å². The predicted octanol–water partition coefficient (Wildman–Crippen LogP) is 2.46. The molecule has 0 aliphatic carbocycles. The lowest BCUT2D eigenvalue weighted by molar-refractivity contribution is 0.166. The van der Waals surface area contributed by atoms with Crippen LogP contribution in [0.4, 0.5) is 0 Å². The van der Waals surface area contributed by atoms with Crippen molar-refractivity contribution in [1.29, 1.82) is 0 Å². The number of ether oxygens (including phenoxy) is 3. The highest BCUT2D eigenvalue weighted by molar-refractivity contribution is 5.39. The second-order valence-electron chi connectivity index (χ2n) is 3.58. The molecule has 0 saturated heterocycles. The van der Waals surface area contributed by atoms with E-state index < -0.39 is 0 Å². The molecule has 3 nitrogen and oxygen atoms in total. The standard InChI is InChI=1S/C10H12O2.C3H8O/c1-11-6-8-7-12-10-5-3-2-4-9(8)10;1-3-4-2/h2-5,8H,6-7H2,1H3;3H2,1-2H3/t8-;/m0./s1. The zero-order valence-electron chi connectivity index (χ0n) is 10.2. The summed E-state index contributed by atoms with van der Waals surface area (Å²) in [5, 5.41) is 0. The molecule has 1 aromatic carbocycles. The smallest absolute Gasteiger partial charge is 0.123 e. The Kier molecular flexibility index (Phi) is 5.90. The maximum atomic E-state index is 5.48. The van der Waals surface area contributed by atoms with Gasteiger partial charge < -0.3 is 14.2 Å². The summed E-state index contributed by atoms with van der Waals surface area (Å²) in [5.74, 6) is 1.44. The molecule has 0 radical (unpaired) electrons. The van der Waals surface area contributed by atoms with Crippen LogP contribution in [0.3, 0.4) is 0 Å². The second-order valence-corrected chi connectivity index (χ2v) is 3.58. The van der Waals surface area contributed by atoms with Crippen molar-refractivity contribution in [2.45, 2.75) is 12.8 Å². The van der Waals surface area contributed by atoms with Crippen LogP contribution in [-0.4, -0.2) is 34.0 Å². The molecule has 1 heterocycles. The van der Waals surface area contributed by atoms with Crippen LogP contribution in [0.25, 0.3) is 0 Å². The molecule has 1 aliphatic rings. The SMILES string of the molecule is CCOC.COC[C@H]1COc2ccccc21.